The average Bonchev–Trinajstić information content (AvgIpc) is 2.78. The van der Waals surface area contributed by atoms with E-state index in [-0.39, 0.29) is 23.0 Å². The van der Waals surface area contributed by atoms with Gasteiger partial charge in [0.05, 0.1) is 11.3 Å². The van der Waals surface area contributed by atoms with Crippen molar-refractivity contribution in [3.8, 4) is 0 Å². The molecule has 33 heavy (non-hydrogen) atoms. The zero-order chi connectivity index (χ0) is 23.8. The molecule has 3 rings (SSSR count). The van der Waals surface area contributed by atoms with Crippen LogP contribution in [-0.4, -0.2) is 33.6 Å². The van der Waals surface area contributed by atoms with Crippen LogP contribution < -0.4 is 16.0 Å². The van der Waals surface area contributed by atoms with Crippen LogP contribution in [0.15, 0.2) is 77.7 Å². The van der Waals surface area contributed by atoms with E-state index < -0.39 is 5.97 Å². The summed E-state index contributed by atoms with van der Waals surface area (Å²) in [5, 5.41) is 18.3. The molecule has 0 heterocycles. The van der Waals surface area contributed by atoms with Gasteiger partial charge in [-0.15, -0.1) is 11.8 Å². The Morgan fingerprint density at radius 3 is 2.12 bits per heavy atom. The van der Waals surface area contributed by atoms with Crippen molar-refractivity contribution >= 4 is 63.8 Å². The van der Waals surface area contributed by atoms with Gasteiger partial charge in [0.2, 0.25) is 5.91 Å². The van der Waals surface area contributed by atoms with Crippen LogP contribution in [-0.2, 0) is 4.79 Å². The number of anilines is 3. The van der Waals surface area contributed by atoms with E-state index in [1.165, 1.54) is 30.8 Å². The fourth-order valence-corrected chi connectivity index (χ4v) is 3.81. The first-order valence-corrected chi connectivity index (χ1v) is 11.2. The highest BCUT2D eigenvalue weighted by atomic mass is 32.2. The molecule has 0 atom stereocenters. The zero-order valence-electron chi connectivity index (χ0n) is 17.6. The summed E-state index contributed by atoms with van der Waals surface area (Å²) in [6, 6.07) is 20.6. The third kappa shape index (κ3) is 7.44. The van der Waals surface area contributed by atoms with E-state index in [4.69, 9.17) is 17.3 Å². The molecule has 9 heteroatoms. The number of thiocarbonyl (C=S) groups is 1. The van der Waals surface area contributed by atoms with Crippen LogP contribution in [0.5, 0.6) is 0 Å². The fraction of sp³-hybridized carbons (Fsp3) is 0.0833. The highest BCUT2D eigenvalue weighted by molar-refractivity contribution is 8.00. The van der Waals surface area contributed by atoms with Crippen LogP contribution in [0, 0.1) is 0 Å². The minimum absolute atomic E-state index is 0.000900. The summed E-state index contributed by atoms with van der Waals surface area (Å²) >= 11 is 6.70. The van der Waals surface area contributed by atoms with Crippen molar-refractivity contribution in [1.82, 2.24) is 0 Å². The largest absolute Gasteiger partial charge is 0.478 e. The molecule has 0 saturated heterocycles. The number of hydrogen-bond acceptors (Lipinski definition) is 5. The van der Waals surface area contributed by atoms with Crippen molar-refractivity contribution in [2.75, 3.05) is 21.7 Å². The second-order valence-electron chi connectivity index (χ2n) is 6.96. The molecule has 0 radical (unpaired) electrons. The molecule has 0 aliphatic heterocycles. The molecule has 168 valence electrons. The first-order valence-electron chi connectivity index (χ1n) is 9.85. The molecule has 0 spiro atoms. The van der Waals surface area contributed by atoms with Crippen molar-refractivity contribution in [2.45, 2.75) is 11.8 Å². The van der Waals surface area contributed by atoms with E-state index in [0.29, 0.717) is 16.4 Å². The minimum Gasteiger partial charge on any atom is -0.478 e. The molecule has 4 N–H and O–H groups in total. The van der Waals surface area contributed by atoms with E-state index in [1.807, 2.05) is 24.3 Å². The van der Waals surface area contributed by atoms with Gasteiger partial charge in [0.25, 0.3) is 0 Å². The number of benzene rings is 3. The van der Waals surface area contributed by atoms with E-state index in [9.17, 15) is 14.4 Å². The van der Waals surface area contributed by atoms with Gasteiger partial charge in [-0.2, -0.15) is 0 Å². The molecule has 0 bridgehead atoms. The number of thioether (sulfide) groups is 1. The fourth-order valence-electron chi connectivity index (χ4n) is 2.82. The Labute approximate surface area is 200 Å². The third-order valence-electron chi connectivity index (χ3n) is 4.40. The number of ketones is 1. The van der Waals surface area contributed by atoms with Crippen molar-refractivity contribution in [3.63, 3.8) is 0 Å². The minimum atomic E-state index is -1.05. The van der Waals surface area contributed by atoms with Crippen LogP contribution in [0.2, 0.25) is 0 Å². The number of amides is 1. The summed E-state index contributed by atoms with van der Waals surface area (Å²) in [6.45, 7) is 1.51. The van der Waals surface area contributed by atoms with E-state index in [1.54, 1.807) is 36.4 Å². The maximum absolute atomic E-state index is 12.3. The molecule has 0 fully saturated rings. The van der Waals surface area contributed by atoms with Crippen molar-refractivity contribution in [3.05, 3.63) is 83.9 Å². The van der Waals surface area contributed by atoms with Gasteiger partial charge in [-0.25, -0.2) is 4.79 Å². The molecule has 0 aliphatic carbocycles. The number of aromatic carboxylic acids is 1. The smallest absolute Gasteiger partial charge is 0.335 e. The Bertz CT molecular complexity index is 1200. The van der Waals surface area contributed by atoms with E-state index in [2.05, 4.69) is 16.0 Å². The van der Waals surface area contributed by atoms with Gasteiger partial charge < -0.3 is 21.1 Å². The molecule has 1 amide bonds. The number of carbonyl (C=O) groups excluding carboxylic acids is 2. The van der Waals surface area contributed by atoms with Crippen LogP contribution >= 0.6 is 24.0 Å². The summed E-state index contributed by atoms with van der Waals surface area (Å²) in [5.74, 6) is -1.14. The second kappa shape index (κ2) is 11.3. The quantitative estimate of drug-likeness (QED) is 0.200. The Morgan fingerprint density at radius 1 is 0.818 bits per heavy atom. The number of nitrogens with one attached hydrogen (secondary N) is 3. The highest BCUT2D eigenvalue weighted by Crippen LogP contribution is 2.22. The van der Waals surface area contributed by atoms with Crippen molar-refractivity contribution < 1.29 is 19.5 Å². The Morgan fingerprint density at radius 2 is 1.45 bits per heavy atom. The molecular weight excluding hydrogens is 458 g/mol. The van der Waals surface area contributed by atoms with Crippen LogP contribution in [0.25, 0.3) is 0 Å². The Hall–Kier alpha value is -3.69. The molecule has 3 aromatic carbocycles. The third-order valence-corrected chi connectivity index (χ3v) is 5.60. The summed E-state index contributed by atoms with van der Waals surface area (Å²) in [5.41, 5.74) is 2.68. The standard InChI is InChI=1S/C24H21N3O4S2/c1-15(28)16-8-10-18(11-9-16)26-24(32)27-20-6-3-7-21(13-20)33-14-22(29)25-19-5-2-4-17(12-19)23(30)31/h2-13H,14H2,1H3,(H,25,29)(H,30,31)(H2,26,27,32). The van der Waals surface area contributed by atoms with Crippen molar-refractivity contribution in [1.29, 1.82) is 0 Å². The van der Waals surface area contributed by atoms with Gasteiger partial charge in [0, 0.05) is 27.5 Å². The maximum Gasteiger partial charge on any atom is 0.335 e. The summed E-state index contributed by atoms with van der Waals surface area (Å²) in [4.78, 5) is 35.5. The molecule has 0 unspecified atom stereocenters. The lowest BCUT2D eigenvalue weighted by molar-refractivity contribution is -0.113. The predicted molar refractivity (Wildman–Crippen MR) is 135 cm³/mol. The lowest BCUT2D eigenvalue weighted by Crippen LogP contribution is -2.19. The number of hydrogen-bond donors (Lipinski definition) is 4. The summed E-state index contributed by atoms with van der Waals surface area (Å²) in [7, 11) is 0. The van der Waals surface area contributed by atoms with Gasteiger partial charge in [-0.1, -0.05) is 12.1 Å². The Kier molecular flexibility index (Phi) is 8.17. The number of carboxylic acid groups (broad SMARTS) is 1. The van der Waals surface area contributed by atoms with E-state index >= 15 is 0 Å². The first-order chi connectivity index (χ1) is 15.8. The average molecular weight is 480 g/mol. The summed E-state index contributed by atoms with van der Waals surface area (Å²) < 4.78 is 0. The first kappa shape index (κ1) is 24.0. The Balaban J connectivity index is 1.52. The second-order valence-corrected chi connectivity index (χ2v) is 8.42. The molecule has 0 aromatic heterocycles. The number of carbonyl (C=O) groups is 3. The number of Topliss-reactive ketones (excluding diaryl/α,β-unsaturated/α-hetero) is 1. The van der Waals surface area contributed by atoms with E-state index in [0.717, 1.165) is 16.3 Å². The molecule has 7 nitrogen and oxygen atoms in total. The molecular formula is C24H21N3O4S2. The lowest BCUT2D eigenvalue weighted by Gasteiger charge is -2.12. The van der Waals surface area contributed by atoms with Crippen molar-refractivity contribution in [2.24, 2.45) is 0 Å². The maximum atomic E-state index is 12.3. The number of rotatable bonds is 8. The lowest BCUT2D eigenvalue weighted by atomic mass is 10.1. The zero-order valence-corrected chi connectivity index (χ0v) is 19.3. The topological polar surface area (TPSA) is 108 Å². The summed E-state index contributed by atoms with van der Waals surface area (Å²) in [6.07, 6.45) is 0. The molecule has 0 saturated carbocycles. The molecule has 0 aliphatic rings. The van der Waals surface area contributed by atoms with Gasteiger partial charge in [0.15, 0.2) is 10.9 Å². The van der Waals surface area contributed by atoms with Crippen LogP contribution in [0.4, 0.5) is 17.1 Å². The number of carboxylic acids is 1. The van der Waals surface area contributed by atoms with Gasteiger partial charge in [-0.05, 0) is 79.8 Å². The molecule has 3 aromatic rings. The normalized spacial score (nSPS) is 10.2. The van der Waals surface area contributed by atoms with Gasteiger partial charge in [-0.3, -0.25) is 9.59 Å². The van der Waals surface area contributed by atoms with Gasteiger partial charge in [0.1, 0.15) is 0 Å². The predicted octanol–water partition coefficient (Wildman–Crippen LogP) is 5.13. The van der Waals surface area contributed by atoms with Gasteiger partial charge >= 0.3 is 5.97 Å². The van der Waals surface area contributed by atoms with Crippen LogP contribution in [0.1, 0.15) is 27.6 Å². The highest BCUT2D eigenvalue weighted by Gasteiger charge is 2.08. The SMILES string of the molecule is CC(=O)c1ccc(NC(=S)Nc2cccc(SCC(=O)Nc3cccc(C(=O)O)c3)c2)cc1. The monoisotopic (exact) mass is 479 g/mol. The van der Waals surface area contributed by atoms with Crippen LogP contribution in [0.3, 0.4) is 0 Å².